The van der Waals surface area contributed by atoms with Crippen molar-refractivity contribution >= 4 is 24.0 Å². The average Bonchev–Trinajstić information content (AvgIpc) is 2.66. The van der Waals surface area contributed by atoms with E-state index >= 15 is 0 Å². The van der Waals surface area contributed by atoms with Gasteiger partial charge in [0.2, 0.25) is 0 Å². The van der Waals surface area contributed by atoms with Crippen LogP contribution in [0, 0.1) is 0 Å². The van der Waals surface area contributed by atoms with Crippen molar-refractivity contribution in [1.82, 2.24) is 9.55 Å². The molecule has 0 aliphatic rings. The van der Waals surface area contributed by atoms with Gasteiger partial charge in [-0.2, -0.15) is 0 Å². The molecule has 0 atom stereocenters. The van der Waals surface area contributed by atoms with E-state index in [0.29, 0.717) is 13.0 Å². The maximum atomic E-state index is 12.5. The van der Waals surface area contributed by atoms with E-state index < -0.39 is 0 Å². The number of H-pyrrole nitrogens is 1. The summed E-state index contributed by atoms with van der Waals surface area (Å²) in [6.45, 7) is 2.58. The van der Waals surface area contributed by atoms with Gasteiger partial charge >= 0.3 is 159 Å². The Balaban J connectivity index is 1.90. The molecule has 3 aromatic rings. The van der Waals surface area contributed by atoms with Crippen molar-refractivity contribution in [2.45, 2.75) is 32.7 Å². The van der Waals surface area contributed by atoms with Gasteiger partial charge in [-0.3, -0.25) is 0 Å². The molecule has 0 saturated carbocycles. The summed E-state index contributed by atoms with van der Waals surface area (Å²) in [5.74, 6) is 0. The first-order valence-corrected chi connectivity index (χ1v) is 10.5. The Morgan fingerprint density at radius 3 is 2.27 bits per heavy atom. The summed E-state index contributed by atoms with van der Waals surface area (Å²) in [5.41, 5.74) is 1.45. The molecule has 134 valence electrons. The minimum atomic E-state index is -0.298. The van der Waals surface area contributed by atoms with Gasteiger partial charge in [0, 0.05) is 0 Å². The predicted molar refractivity (Wildman–Crippen MR) is 107 cm³/mol. The first-order chi connectivity index (χ1) is 12.7. The Morgan fingerprint density at radius 1 is 0.962 bits per heavy atom. The molecule has 0 bridgehead atoms. The number of aromatic amines is 1. The van der Waals surface area contributed by atoms with Crippen LogP contribution in [0.25, 0.3) is 0 Å². The molecule has 1 aromatic heterocycles. The number of nitrogens with one attached hydrogen (secondary N) is 1. The molecule has 0 saturated heterocycles. The van der Waals surface area contributed by atoms with Crippen molar-refractivity contribution in [2.75, 3.05) is 0 Å². The molecule has 26 heavy (non-hydrogen) atoms. The Bertz CT molecular complexity index is 963. The summed E-state index contributed by atoms with van der Waals surface area (Å²) >= 11 is -0.0766. The fourth-order valence-corrected chi connectivity index (χ4v) is 5.35. The number of aryl methyl sites for hydroxylation is 1. The third-order valence-corrected chi connectivity index (χ3v) is 6.69. The summed E-state index contributed by atoms with van der Waals surface area (Å²) in [6, 6.07) is 20.3. The second-order valence-electron chi connectivity index (χ2n) is 6.05. The first-order valence-electron chi connectivity index (χ1n) is 8.82. The molecule has 3 rings (SSSR count). The van der Waals surface area contributed by atoms with Crippen LogP contribution in [0.4, 0.5) is 0 Å². The number of rotatable bonds is 7. The average molecular weight is 413 g/mol. The van der Waals surface area contributed by atoms with Gasteiger partial charge in [-0.15, -0.1) is 0 Å². The zero-order valence-corrected chi connectivity index (χ0v) is 16.5. The Hall–Kier alpha value is -2.36. The molecule has 5 heteroatoms. The van der Waals surface area contributed by atoms with Crippen molar-refractivity contribution in [3.8, 4) is 0 Å². The van der Waals surface area contributed by atoms with E-state index in [0.717, 1.165) is 27.5 Å². The Kier molecular flexibility index (Phi) is 6.26. The van der Waals surface area contributed by atoms with Gasteiger partial charge in [0.1, 0.15) is 0 Å². The van der Waals surface area contributed by atoms with Gasteiger partial charge in [-0.1, -0.05) is 0 Å². The first kappa shape index (κ1) is 18.4. The summed E-state index contributed by atoms with van der Waals surface area (Å²) in [4.78, 5) is 27.2. The number of aromatic nitrogens is 2. The van der Waals surface area contributed by atoms with Crippen molar-refractivity contribution in [2.24, 2.45) is 0 Å². The summed E-state index contributed by atoms with van der Waals surface area (Å²) < 4.78 is 3.83. The van der Waals surface area contributed by atoms with Gasteiger partial charge in [-0.25, -0.2) is 0 Å². The molecular formula is C21H22N2O2Se. The van der Waals surface area contributed by atoms with Gasteiger partial charge < -0.3 is 0 Å². The fraction of sp³-hybridized carbons (Fsp3) is 0.238. The number of hydrogen-bond acceptors (Lipinski definition) is 2. The van der Waals surface area contributed by atoms with Crippen LogP contribution in [-0.4, -0.2) is 24.5 Å². The summed E-state index contributed by atoms with van der Waals surface area (Å²) in [7, 11) is 0. The van der Waals surface area contributed by atoms with Crippen LogP contribution < -0.4 is 20.3 Å². The molecule has 0 unspecified atom stereocenters. The Labute approximate surface area is 159 Å². The van der Waals surface area contributed by atoms with E-state index in [9.17, 15) is 9.59 Å². The molecule has 1 N–H and O–H groups in total. The number of benzene rings is 2. The molecule has 0 aliphatic heterocycles. The van der Waals surface area contributed by atoms with Crippen LogP contribution in [-0.2, 0) is 19.4 Å². The molecule has 0 fully saturated rings. The van der Waals surface area contributed by atoms with E-state index in [1.54, 1.807) is 4.57 Å². The normalized spacial score (nSPS) is 10.8. The maximum absolute atomic E-state index is 12.5. The standard InChI is InChI=1S/C21H22N2O2Se/c1-2-18-19(24)22-21(25)23(15-9-12-16-10-5-3-6-11-16)20(18)26-17-13-7-4-8-14-17/h3-8,10-11,13-14H,2,9,12,15H2,1H3,(H,22,24,25). The van der Waals surface area contributed by atoms with E-state index in [1.807, 2.05) is 43.3 Å². The van der Waals surface area contributed by atoms with E-state index in [1.165, 1.54) is 5.56 Å². The topological polar surface area (TPSA) is 54.9 Å². The van der Waals surface area contributed by atoms with E-state index in [2.05, 4.69) is 29.2 Å². The van der Waals surface area contributed by atoms with Crippen LogP contribution in [0.15, 0.2) is 70.3 Å². The third kappa shape index (κ3) is 4.43. The monoisotopic (exact) mass is 414 g/mol. The quantitative estimate of drug-likeness (QED) is 0.596. The van der Waals surface area contributed by atoms with Crippen molar-refractivity contribution in [3.05, 3.63) is 92.6 Å². The zero-order valence-electron chi connectivity index (χ0n) is 14.8. The molecule has 4 nitrogen and oxygen atoms in total. The van der Waals surface area contributed by atoms with E-state index in [4.69, 9.17) is 0 Å². The van der Waals surface area contributed by atoms with Crippen LogP contribution in [0.1, 0.15) is 24.5 Å². The molecule has 0 radical (unpaired) electrons. The van der Waals surface area contributed by atoms with Gasteiger partial charge in [0.15, 0.2) is 0 Å². The summed E-state index contributed by atoms with van der Waals surface area (Å²) in [6.07, 6.45) is 2.39. The Morgan fingerprint density at radius 2 is 1.62 bits per heavy atom. The van der Waals surface area contributed by atoms with Crippen LogP contribution in [0.5, 0.6) is 0 Å². The van der Waals surface area contributed by atoms with Crippen molar-refractivity contribution < 1.29 is 0 Å². The van der Waals surface area contributed by atoms with E-state index in [-0.39, 0.29) is 26.2 Å². The van der Waals surface area contributed by atoms with Gasteiger partial charge in [-0.05, 0) is 0 Å². The second kappa shape index (κ2) is 8.84. The fourth-order valence-electron chi connectivity index (χ4n) is 2.91. The van der Waals surface area contributed by atoms with Crippen molar-refractivity contribution in [3.63, 3.8) is 0 Å². The van der Waals surface area contributed by atoms with Crippen molar-refractivity contribution in [1.29, 1.82) is 0 Å². The van der Waals surface area contributed by atoms with Crippen LogP contribution in [0.2, 0.25) is 0 Å². The van der Waals surface area contributed by atoms with Crippen LogP contribution >= 0.6 is 0 Å². The minimum absolute atomic E-state index is 0.0766. The molecule has 2 aromatic carbocycles. The number of nitrogens with zero attached hydrogens (tertiary/aromatic N) is 1. The zero-order chi connectivity index (χ0) is 18.4. The second-order valence-corrected chi connectivity index (χ2v) is 8.28. The SMILES string of the molecule is CCc1c([Se]c2ccccc2)n(CCCc2ccccc2)c(=O)[nH]c1=O. The van der Waals surface area contributed by atoms with Crippen LogP contribution in [0.3, 0.4) is 0 Å². The molecular weight excluding hydrogens is 391 g/mol. The third-order valence-electron chi connectivity index (χ3n) is 4.24. The summed E-state index contributed by atoms with van der Waals surface area (Å²) in [5, 5.41) is 0. The molecule has 1 heterocycles. The van der Waals surface area contributed by atoms with Gasteiger partial charge in [0.25, 0.3) is 0 Å². The predicted octanol–water partition coefficient (Wildman–Crippen LogP) is 1.39. The molecule has 0 spiro atoms. The molecule has 0 aliphatic carbocycles. The molecule has 0 amide bonds. The number of hydrogen-bond donors (Lipinski definition) is 1. The van der Waals surface area contributed by atoms with Gasteiger partial charge in [0.05, 0.1) is 0 Å².